The van der Waals surface area contributed by atoms with Gasteiger partial charge in [-0.3, -0.25) is 4.79 Å². The lowest BCUT2D eigenvalue weighted by Crippen LogP contribution is -3.00. The van der Waals surface area contributed by atoms with E-state index in [0.717, 1.165) is 29.4 Å². The number of benzene rings is 1. The van der Waals surface area contributed by atoms with Crippen LogP contribution in [0.5, 0.6) is 0 Å². The molecule has 1 saturated heterocycles. The zero-order valence-electron chi connectivity index (χ0n) is 19.0. The first kappa shape index (κ1) is 26.9. The molecule has 0 radical (unpaired) electrons. The number of amides is 1. The zero-order chi connectivity index (χ0) is 21.4. The number of likely N-dealkylation sites (tertiary alicyclic amines) is 1. The molecule has 1 aliphatic rings. The van der Waals surface area contributed by atoms with Crippen LogP contribution in [0.4, 0.5) is 0 Å². The van der Waals surface area contributed by atoms with E-state index in [-0.39, 0.29) is 35.8 Å². The average molecular weight is 530 g/mol. The normalized spacial score (nSPS) is 17.6. The van der Waals surface area contributed by atoms with Crippen molar-refractivity contribution < 1.29 is 43.2 Å². The van der Waals surface area contributed by atoms with Gasteiger partial charge in [-0.25, -0.2) is 4.79 Å². The van der Waals surface area contributed by atoms with Crippen LogP contribution in [-0.4, -0.2) is 54.2 Å². The number of hydrogen-bond donors (Lipinski definition) is 2. The van der Waals surface area contributed by atoms with Crippen molar-refractivity contribution in [3.05, 3.63) is 35.4 Å². The highest BCUT2D eigenvalue weighted by molar-refractivity contribution is 5.87. The molecule has 2 rings (SSSR count). The van der Waals surface area contributed by atoms with Gasteiger partial charge in [-0.2, -0.15) is 0 Å². The van der Waals surface area contributed by atoms with Gasteiger partial charge >= 0.3 is 5.97 Å². The molecule has 1 aromatic carbocycles. The molecule has 1 aromatic rings. The van der Waals surface area contributed by atoms with E-state index in [1.807, 2.05) is 19.1 Å². The van der Waals surface area contributed by atoms with Crippen LogP contribution in [0.1, 0.15) is 69.9 Å². The van der Waals surface area contributed by atoms with E-state index in [4.69, 9.17) is 0 Å². The fourth-order valence-corrected chi connectivity index (χ4v) is 4.30. The summed E-state index contributed by atoms with van der Waals surface area (Å²) in [6.07, 6.45) is 6.12. The maximum Gasteiger partial charge on any atom is 0.326 e. The molecule has 5 nitrogen and oxygen atoms in total. The Morgan fingerprint density at radius 3 is 2.20 bits per heavy atom. The molecule has 0 aliphatic carbocycles. The number of carbonyl (C=O) groups excluding carboxylic acids is 1. The van der Waals surface area contributed by atoms with Crippen molar-refractivity contribution in [1.82, 2.24) is 5.32 Å². The monoisotopic (exact) mass is 530 g/mol. The van der Waals surface area contributed by atoms with Crippen molar-refractivity contribution in [3.63, 3.8) is 0 Å². The topological polar surface area (TPSA) is 66.4 Å². The lowest BCUT2D eigenvalue weighted by molar-refractivity contribution is -0.914. The second-order valence-corrected chi connectivity index (χ2v) is 9.45. The number of carbonyl (C=O) groups is 2. The maximum absolute atomic E-state index is 12.7. The summed E-state index contributed by atoms with van der Waals surface area (Å²) in [6.45, 7) is 9.53. The van der Waals surface area contributed by atoms with Crippen LogP contribution < -0.4 is 29.3 Å². The van der Waals surface area contributed by atoms with E-state index < -0.39 is 12.0 Å². The minimum absolute atomic E-state index is 0. The molecule has 2 atom stereocenters. The Kier molecular flexibility index (Phi) is 11.3. The van der Waals surface area contributed by atoms with Gasteiger partial charge in [0.15, 0.2) is 0 Å². The molecule has 0 bridgehead atoms. The minimum Gasteiger partial charge on any atom is -1.00 e. The predicted molar refractivity (Wildman–Crippen MR) is 117 cm³/mol. The van der Waals surface area contributed by atoms with Crippen molar-refractivity contribution in [1.29, 1.82) is 0 Å². The first-order valence-corrected chi connectivity index (χ1v) is 11.2. The van der Waals surface area contributed by atoms with Crippen molar-refractivity contribution in [2.45, 2.75) is 71.3 Å². The molecule has 1 amide bonds. The molecular formula is C24H39IN2O3. The molecule has 170 valence electrons. The fraction of sp³-hybridized carbons (Fsp3) is 0.667. The van der Waals surface area contributed by atoms with Gasteiger partial charge in [-0.05, 0) is 62.5 Å². The molecule has 6 heteroatoms. The Labute approximate surface area is 199 Å². The lowest BCUT2D eigenvalue weighted by atomic mass is 9.96. The summed E-state index contributed by atoms with van der Waals surface area (Å²) in [4.78, 5) is 24.4. The molecule has 0 aromatic heterocycles. The van der Waals surface area contributed by atoms with Gasteiger partial charge in [-0.1, -0.05) is 38.1 Å². The Bertz CT molecular complexity index is 670. The molecule has 1 aliphatic heterocycles. The largest absolute Gasteiger partial charge is 1.00 e. The van der Waals surface area contributed by atoms with Gasteiger partial charge in [0, 0.05) is 0 Å². The van der Waals surface area contributed by atoms with Gasteiger partial charge in [-0.15, -0.1) is 0 Å². The third-order valence-corrected chi connectivity index (χ3v) is 6.22. The number of hydrogen-bond acceptors (Lipinski definition) is 2. The highest BCUT2D eigenvalue weighted by Crippen LogP contribution is 2.20. The van der Waals surface area contributed by atoms with E-state index in [2.05, 4.69) is 38.3 Å². The number of carboxylic acid groups (broad SMARTS) is 1. The molecule has 0 spiro atoms. The van der Waals surface area contributed by atoms with Crippen LogP contribution in [0.2, 0.25) is 0 Å². The zero-order valence-corrected chi connectivity index (χ0v) is 21.2. The van der Waals surface area contributed by atoms with Crippen LogP contribution >= 0.6 is 0 Å². The summed E-state index contributed by atoms with van der Waals surface area (Å²) < 4.78 is 1.03. The highest BCUT2D eigenvalue weighted by Gasteiger charge is 2.27. The molecule has 1 fully saturated rings. The fourth-order valence-electron chi connectivity index (χ4n) is 4.30. The molecule has 30 heavy (non-hydrogen) atoms. The lowest BCUT2D eigenvalue weighted by Gasteiger charge is -2.38. The number of aliphatic carboxylic acids is 1. The van der Waals surface area contributed by atoms with E-state index in [1.54, 1.807) is 0 Å². The standard InChI is InChI=1S/C24H38N2O3.HI/c1-18(2)17-20-10-12-21(13-11-20)19(3)23(27)25-22(24(28)29)9-8-16-26(4)14-6-5-7-15-26;/h10-13,18-19,22H,5-9,14-17H2,1-4H3,(H-,25,27,28,29);1H. The van der Waals surface area contributed by atoms with Crippen molar-refractivity contribution in [3.8, 4) is 0 Å². The summed E-state index contributed by atoms with van der Waals surface area (Å²) in [5.74, 6) is -0.935. The van der Waals surface area contributed by atoms with E-state index >= 15 is 0 Å². The summed E-state index contributed by atoms with van der Waals surface area (Å²) in [7, 11) is 2.26. The molecule has 1 heterocycles. The first-order valence-electron chi connectivity index (χ1n) is 11.2. The number of rotatable bonds is 10. The number of nitrogens with one attached hydrogen (secondary N) is 1. The number of quaternary nitrogens is 1. The minimum atomic E-state index is -0.945. The summed E-state index contributed by atoms with van der Waals surface area (Å²) in [5, 5.41) is 12.3. The van der Waals surface area contributed by atoms with Gasteiger partial charge < -0.3 is 38.9 Å². The second-order valence-electron chi connectivity index (χ2n) is 9.45. The predicted octanol–water partition coefficient (Wildman–Crippen LogP) is 0.973. The number of carboxylic acids is 1. The molecular weight excluding hydrogens is 491 g/mol. The second kappa shape index (κ2) is 12.6. The van der Waals surface area contributed by atoms with Crippen LogP contribution in [0.15, 0.2) is 24.3 Å². The summed E-state index contributed by atoms with van der Waals surface area (Å²) in [6, 6.07) is 7.28. The van der Waals surface area contributed by atoms with Gasteiger partial charge in [0.1, 0.15) is 6.04 Å². The van der Waals surface area contributed by atoms with E-state index in [1.165, 1.54) is 37.9 Å². The Hall–Kier alpha value is -1.15. The first-order chi connectivity index (χ1) is 13.7. The Morgan fingerprint density at radius 2 is 1.67 bits per heavy atom. The van der Waals surface area contributed by atoms with Crippen LogP contribution in [0.3, 0.4) is 0 Å². The Morgan fingerprint density at radius 1 is 1.07 bits per heavy atom. The number of piperidine rings is 1. The quantitative estimate of drug-likeness (QED) is 0.350. The molecule has 0 saturated carbocycles. The van der Waals surface area contributed by atoms with E-state index in [0.29, 0.717) is 12.3 Å². The SMILES string of the molecule is CC(C)Cc1ccc(C(C)C(=O)NC(CCC[N+]2(C)CCCCC2)C(=O)O)cc1.[I-]. The van der Waals surface area contributed by atoms with Gasteiger partial charge in [0.05, 0.1) is 32.6 Å². The van der Waals surface area contributed by atoms with Gasteiger partial charge in [0.25, 0.3) is 0 Å². The van der Waals surface area contributed by atoms with Crippen molar-refractivity contribution >= 4 is 11.9 Å². The number of halogens is 1. The average Bonchev–Trinajstić information content (AvgIpc) is 2.67. The number of nitrogens with zero attached hydrogens (tertiary/aromatic N) is 1. The summed E-state index contributed by atoms with van der Waals surface area (Å²) in [5.41, 5.74) is 2.18. The molecule has 2 unspecified atom stereocenters. The Balaban J connectivity index is 0.00000450. The summed E-state index contributed by atoms with van der Waals surface area (Å²) >= 11 is 0. The smallest absolute Gasteiger partial charge is 0.326 e. The third-order valence-electron chi connectivity index (χ3n) is 6.22. The maximum atomic E-state index is 12.7. The van der Waals surface area contributed by atoms with Gasteiger partial charge in [0.2, 0.25) is 5.91 Å². The van der Waals surface area contributed by atoms with Crippen LogP contribution in [0.25, 0.3) is 0 Å². The molecule has 2 N–H and O–H groups in total. The highest BCUT2D eigenvalue weighted by atomic mass is 127. The van der Waals surface area contributed by atoms with E-state index in [9.17, 15) is 14.7 Å². The van der Waals surface area contributed by atoms with Crippen molar-refractivity contribution in [2.24, 2.45) is 5.92 Å². The van der Waals surface area contributed by atoms with Crippen molar-refractivity contribution in [2.75, 3.05) is 26.7 Å². The van der Waals surface area contributed by atoms with Crippen LogP contribution in [-0.2, 0) is 16.0 Å². The third kappa shape index (κ3) is 8.53. The van der Waals surface area contributed by atoms with Crippen LogP contribution in [0, 0.1) is 5.92 Å².